The highest BCUT2D eigenvalue weighted by atomic mass is 35.5. The molecule has 2 aromatic carbocycles. The van der Waals surface area contributed by atoms with E-state index in [0.717, 1.165) is 6.07 Å². The van der Waals surface area contributed by atoms with Crippen molar-refractivity contribution in [2.24, 2.45) is 7.05 Å². The molecule has 3 rings (SSSR count). The molecule has 134 valence electrons. The Morgan fingerprint density at radius 1 is 1.27 bits per heavy atom. The van der Waals surface area contributed by atoms with Crippen LogP contribution in [0.15, 0.2) is 47.4 Å². The van der Waals surface area contributed by atoms with Crippen molar-refractivity contribution in [3.63, 3.8) is 0 Å². The third kappa shape index (κ3) is 3.41. The summed E-state index contributed by atoms with van der Waals surface area (Å²) in [6.45, 7) is 2.32. The van der Waals surface area contributed by atoms with Crippen LogP contribution in [0, 0.1) is 5.82 Å². The molecule has 0 aliphatic rings. The zero-order valence-corrected chi connectivity index (χ0v) is 14.9. The number of nitrogens with one attached hydrogen (secondary N) is 1. The lowest BCUT2D eigenvalue weighted by molar-refractivity contribution is 0.102. The number of hydrogen-bond acceptors (Lipinski definition) is 3. The molecule has 26 heavy (non-hydrogen) atoms. The first-order valence-corrected chi connectivity index (χ1v) is 8.31. The van der Waals surface area contributed by atoms with Crippen LogP contribution in [0.4, 0.5) is 10.1 Å². The zero-order valence-electron chi connectivity index (χ0n) is 14.2. The Morgan fingerprint density at radius 2 is 2.04 bits per heavy atom. The van der Waals surface area contributed by atoms with Crippen molar-refractivity contribution < 1.29 is 13.9 Å². The fourth-order valence-electron chi connectivity index (χ4n) is 2.66. The quantitative estimate of drug-likeness (QED) is 0.751. The maximum atomic E-state index is 13.2. The number of anilines is 1. The van der Waals surface area contributed by atoms with Crippen molar-refractivity contribution in [2.75, 3.05) is 11.9 Å². The minimum atomic E-state index is -0.600. The third-order valence-electron chi connectivity index (χ3n) is 3.89. The lowest BCUT2D eigenvalue weighted by Crippen LogP contribution is -2.23. The number of benzene rings is 2. The predicted molar refractivity (Wildman–Crippen MR) is 99.7 cm³/mol. The summed E-state index contributed by atoms with van der Waals surface area (Å²) in [5, 5.41) is 2.83. The monoisotopic (exact) mass is 374 g/mol. The molecule has 1 N–H and O–H groups in total. The summed E-state index contributed by atoms with van der Waals surface area (Å²) < 4.78 is 20.4. The van der Waals surface area contributed by atoms with Crippen molar-refractivity contribution in [1.82, 2.24) is 4.57 Å². The first-order valence-electron chi connectivity index (χ1n) is 7.93. The first-order chi connectivity index (χ1) is 12.4. The van der Waals surface area contributed by atoms with Gasteiger partial charge >= 0.3 is 0 Å². The number of carbonyl (C=O) groups excluding carboxylic acids is 1. The molecule has 0 aliphatic carbocycles. The summed E-state index contributed by atoms with van der Waals surface area (Å²) in [4.78, 5) is 25.3. The number of amides is 1. The number of rotatable bonds is 4. The molecule has 1 heterocycles. The van der Waals surface area contributed by atoms with Crippen LogP contribution in [0.3, 0.4) is 0 Å². The second kappa shape index (κ2) is 7.17. The minimum absolute atomic E-state index is 0.0332. The van der Waals surface area contributed by atoms with E-state index in [1.807, 2.05) is 6.92 Å². The topological polar surface area (TPSA) is 60.3 Å². The van der Waals surface area contributed by atoms with Crippen LogP contribution in [0.5, 0.6) is 5.75 Å². The van der Waals surface area contributed by atoms with Crippen LogP contribution in [-0.4, -0.2) is 17.1 Å². The van der Waals surface area contributed by atoms with E-state index in [2.05, 4.69) is 5.32 Å². The van der Waals surface area contributed by atoms with Gasteiger partial charge < -0.3 is 14.6 Å². The van der Waals surface area contributed by atoms with Crippen LogP contribution in [0.25, 0.3) is 10.9 Å². The van der Waals surface area contributed by atoms with Gasteiger partial charge in [0.05, 0.1) is 22.5 Å². The molecule has 0 bridgehead atoms. The normalized spacial score (nSPS) is 10.8. The number of pyridine rings is 1. The Morgan fingerprint density at radius 3 is 2.73 bits per heavy atom. The minimum Gasteiger partial charge on any atom is -0.494 e. The van der Waals surface area contributed by atoms with Gasteiger partial charge in [-0.15, -0.1) is 0 Å². The van der Waals surface area contributed by atoms with Gasteiger partial charge in [0.1, 0.15) is 17.1 Å². The summed E-state index contributed by atoms with van der Waals surface area (Å²) in [5.74, 6) is -0.633. The van der Waals surface area contributed by atoms with Gasteiger partial charge in [0, 0.05) is 18.9 Å². The zero-order chi connectivity index (χ0) is 18.8. The van der Waals surface area contributed by atoms with Gasteiger partial charge in [-0.25, -0.2) is 4.39 Å². The third-order valence-corrected chi connectivity index (χ3v) is 4.18. The van der Waals surface area contributed by atoms with Gasteiger partial charge in [-0.05, 0) is 43.3 Å². The van der Waals surface area contributed by atoms with Gasteiger partial charge in [0.15, 0.2) is 0 Å². The Balaban J connectivity index is 2.03. The molecule has 7 heteroatoms. The van der Waals surface area contributed by atoms with Crippen LogP contribution in [0.2, 0.25) is 5.02 Å². The summed E-state index contributed by atoms with van der Waals surface area (Å²) in [5.41, 5.74) is 0.533. The molecule has 1 amide bonds. The van der Waals surface area contributed by atoms with E-state index in [1.165, 1.54) is 18.3 Å². The standard InChI is InChI=1S/C19H16ClFN2O3/c1-3-26-12-5-7-17-13(9-12)18(24)14(10-23(17)2)19(25)22-11-4-6-16(21)15(20)8-11/h4-10H,3H2,1-2H3,(H,22,25). The van der Waals surface area contributed by atoms with E-state index in [9.17, 15) is 14.0 Å². The Labute approximate surface area is 154 Å². The van der Waals surface area contributed by atoms with Crippen molar-refractivity contribution in [1.29, 1.82) is 0 Å². The molecule has 0 radical (unpaired) electrons. The van der Waals surface area contributed by atoms with E-state index in [-0.39, 0.29) is 10.6 Å². The largest absolute Gasteiger partial charge is 0.494 e. The van der Waals surface area contributed by atoms with Crippen LogP contribution < -0.4 is 15.5 Å². The smallest absolute Gasteiger partial charge is 0.261 e. The first kappa shape index (κ1) is 17.9. The molecule has 5 nitrogen and oxygen atoms in total. The molecular formula is C19H16ClFN2O3. The molecular weight excluding hydrogens is 359 g/mol. The number of halogens is 2. The maximum absolute atomic E-state index is 13.2. The second-order valence-corrected chi connectivity index (χ2v) is 6.08. The van der Waals surface area contributed by atoms with E-state index >= 15 is 0 Å². The Kier molecular flexibility index (Phi) is 4.95. The van der Waals surface area contributed by atoms with Crippen molar-refractivity contribution in [3.05, 3.63) is 69.2 Å². The maximum Gasteiger partial charge on any atom is 0.261 e. The lowest BCUT2D eigenvalue weighted by Gasteiger charge is -2.11. The molecule has 0 unspecified atom stereocenters. The van der Waals surface area contributed by atoms with Gasteiger partial charge in [0.25, 0.3) is 5.91 Å². The fourth-order valence-corrected chi connectivity index (χ4v) is 2.84. The van der Waals surface area contributed by atoms with Crippen LogP contribution in [-0.2, 0) is 7.05 Å². The summed E-state index contributed by atoms with van der Waals surface area (Å²) in [6, 6.07) is 8.96. The second-order valence-electron chi connectivity index (χ2n) is 5.68. The molecule has 3 aromatic rings. The number of fused-ring (bicyclic) bond motifs is 1. The van der Waals surface area contributed by atoms with E-state index in [4.69, 9.17) is 16.3 Å². The number of aryl methyl sites for hydroxylation is 1. The molecule has 0 saturated heterocycles. The lowest BCUT2D eigenvalue weighted by atomic mass is 10.1. The van der Waals surface area contributed by atoms with Crippen LogP contribution >= 0.6 is 11.6 Å². The molecule has 0 fully saturated rings. The molecule has 0 spiro atoms. The van der Waals surface area contributed by atoms with Crippen LogP contribution in [0.1, 0.15) is 17.3 Å². The van der Waals surface area contributed by atoms with E-state index in [0.29, 0.717) is 28.9 Å². The van der Waals surface area contributed by atoms with Gasteiger partial charge in [-0.2, -0.15) is 0 Å². The Hall–Kier alpha value is -2.86. The van der Waals surface area contributed by atoms with E-state index < -0.39 is 17.2 Å². The molecule has 0 atom stereocenters. The molecule has 1 aromatic heterocycles. The van der Waals surface area contributed by atoms with Crippen molar-refractivity contribution in [2.45, 2.75) is 6.92 Å². The average molecular weight is 375 g/mol. The number of nitrogens with zero attached hydrogens (tertiary/aromatic N) is 1. The molecule has 0 aliphatic heterocycles. The highest BCUT2D eigenvalue weighted by molar-refractivity contribution is 6.31. The van der Waals surface area contributed by atoms with Crippen molar-refractivity contribution in [3.8, 4) is 5.75 Å². The number of aromatic nitrogens is 1. The van der Waals surface area contributed by atoms with E-state index in [1.54, 1.807) is 29.8 Å². The van der Waals surface area contributed by atoms with Gasteiger partial charge in [-0.1, -0.05) is 11.6 Å². The Bertz CT molecular complexity index is 1060. The number of carbonyl (C=O) groups is 1. The SMILES string of the molecule is CCOc1ccc2c(c1)c(=O)c(C(=O)Nc1ccc(F)c(Cl)c1)cn2C. The highest BCUT2D eigenvalue weighted by Crippen LogP contribution is 2.21. The predicted octanol–water partition coefficient (Wildman–Crippen LogP) is 3.98. The highest BCUT2D eigenvalue weighted by Gasteiger charge is 2.16. The molecule has 0 saturated carbocycles. The number of ether oxygens (including phenoxy) is 1. The summed E-state index contributed by atoms with van der Waals surface area (Å²) in [7, 11) is 1.74. The average Bonchev–Trinajstić information content (AvgIpc) is 2.61. The number of hydrogen-bond donors (Lipinski definition) is 1. The van der Waals surface area contributed by atoms with Gasteiger partial charge in [0.2, 0.25) is 5.43 Å². The van der Waals surface area contributed by atoms with Crippen molar-refractivity contribution >= 4 is 34.1 Å². The summed E-state index contributed by atoms with van der Waals surface area (Å²) >= 11 is 5.72. The fraction of sp³-hybridized carbons (Fsp3) is 0.158. The summed E-state index contributed by atoms with van der Waals surface area (Å²) in [6.07, 6.45) is 1.46. The van der Waals surface area contributed by atoms with Gasteiger partial charge in [-0.3, -0.25) is 9.59 Å².